The second-order valence-electron chi connectivity index (χ2n) is 5.08. The third-order valence-electron chi connectivity index (χ3n) is 2.79. The lowest BCUT2D eigenvalue weighted by Crippen LogP contribution is -2.38. The molecule has 0 atom stereocenters. The normalized spacial score (nSPS) is 12.6. The minimum absolute atomic E-state index is 0. The van der Waals surface area contributed by atoms with E-state index in [9.17, 15) is 21.6 Å². The monoisotopic (exact) mass is 529 g/mol. The average Bonchev–Trinajstić information content (AvgIpc) is 2.94. The van der Waals surface area contributed by atoms with Crippen LogP contribution in [-0.4, -0.2) is 51.8 Å². The number of aromatic nitrogens is 1. The van der Waals surface area contributed by atoms with Gasteiger partial charge in [-0.25, -0.2) is 18.1 Å². The molecule has 0 fully saturated rings. The molecular formula is C13H23F3IN5O2S2. The molecule has 0 aliphatic heterocycles. The molecule has 1 aromatic rings. The number of thiazole rings is 1. The standard InChI is InChI=1S/C13H22F3N5O2S2.HI/c1-3-17-12(18-6-4-7-20-25(2,22)23)19-8-5-11-21-10(9-24-11)13(14,15)16;/h9,20H,3-8H2,1-2H3,(H2,17,18,19);1H. The van der Waals surface area contributed by atoms with Crippen LogP contribution in [0.1, 0.15) is 24.0 Å². The Kier molecular flexibility index (Phi) is 11.6. The summed E-state index contributed by atoms with van der Waals surface area (Å²) in [6.45, 7) is 3.61. The van der Waals surface area contributed by atoms with Crippen molar-refractivity contribution in [2.75, 3.05) is 32.4 Å². The van der Waals surface area contributed by atoms with Gasteiger partial charge in [-0.1, -0.05) is 0 Å². The van der Waals surface area contributed by atoms with Crippen molar-refractivity contribution in [3.63, 3.8) is 0 Å². The Morgan fingerprint density at radius 3 is 2.54 bits per heavy atom. The van der Waals surface area contributed by atoms with Crippen LogP contribution < -0.4 is 15.4 Å². The fraction of sp³-hybridized carbons (Fsp3) is 0.692. The molecule has 152 valence electrons. The Bertz CT molecular complexity index is 665. The third kappa shape index (κ3) is 11.1. The van der Waals surface area contributed by atoms with Gasteiger partial charge in [-0.05, 0) is 13.3 Å². The van der Waals surface area contributed by atoms with Gasteiger partial charge in [-0.3, -0.25) is 4.99 Å². The molecule has 1 heterocycles. The Labute approximate surface area is 172 Å². The van der Waals surface area contributed by atoms with Crippen molar-refractivity contribution >= 4 is 51.3 Å². The molecule has 0 aliphatic rings. The van der Waals surface area contributed by atoms with E-state index in [4.69, 9.17) is 0 Å². The zero-order valence-electron chi connectivity index (χ0n) is 14.4. The smallest absolute Gasteiger partial charge is 0.357 e. The zero-order valence-corrected chi connectivity index (χ0v) is 18.4. The molecule has 0 aliphatic carbocycles. The quantitative estimate of drug-likeness (QED) is 0.196. The summed E-state index contributed by atoms with van der Waals surface area (Å²) < 4.78 is 61.7. The van der Waals surface area contributed by atoms with E-state index in [1.54, 1.807) is 0 Å². The molecule has 7 nitrogen and oxygen atoms in total. The average molecular weight is 529 g/mol. The molecule has 0 saturated carbocycles. The molecule has 0 aromatic carbocycles. The number of aliphatic imine (C=N–C) groups is 1. The number of nitrogens with zero attached hydrogens (tertiary/aromatic N) is 2. The molecule has 0 bridgehead atoms. The molecule has 1 rings (SSSR count). The van der Waals surface area contributed by atoms with Gasteiger partial charge in [-0.2, -0.15) is 13.2 Å². The fourth-order valence-corrected chi connectivity index (χ4v) is 3.03. The molecule has 0 saturated heterocycles. The first-order valence-electron chi connectivity index (χ1n) is 7.60. The molecule has 0 radical (unpaired) electrons. The molecule has 0 amide bonds. The Balaban J connectivity index is 0.00000625. The van der Waals surface area contributed by atoms with Gasteiger partial charge >= 0.3 is 6.18 Å². The first-order chi connectivity index (χ1) is 11.6. The van der Waals surface area contributed by atoms with E-state index in [1.165, 1.54) is 0 Å². The summed E-state index contributed by atoms with van der Waals surface area (Å²) in [5.41, 5.74) is -0.869. The van der Waals surface area contributed by atoms with Gasteiger partial charge in [-0.15, -0.1) is 35.3 Å². The summed E-state index contributed by atoms with van der Waals surface area (Å²) in [4.78, 5) is 7.83. The van der Waals surface area contributed by atoms with Crippen molar-refractivity contribution in [1.29, 1.82) is 0 Å². The van der Waals surface area contributed by atoms with Gasteiger partial charge in [0.15, 0.2) is 11.7 Å². The number of rotatable bonds is 9. The van der Waals surface area contributed by atoms with Crippen molar-refractivity contribution in [3.05, 3.63) is 16.1 Å². The van der Waals surface area contributed by atoms with Crippen LogP contribution in [0.2, 0.25) is 0 Å². The maximum absolute atomic E-state index is 12.5. The molecule has 13 heteroatoms. The summed E-state index contributed by atoms with van der Waals surface area (Å²) in [5, 5.41) is 7.42. The van der Waals surface area contributed by atoms with E-state index in [1.807, 2.05) is 6.92 Å². The Hall–Kier alpha value is -0.670. The highest BCUT2D eigenvalue weighted by Gasteiger charge is 2.33. The Morgan fingerprint density at radius 2 is 2.00 bits per heavy atom. The van der Waals surface area contributed by atoms with Crippen molar-refractivity contribution < 1.29 is 21.6 Å². The summed E-state index contributed by atoms with van der Waals surface area (Å²) in [6, 6.07) is 0. The number of halogens is 4. The first kappa shape index (κ1) is 25.3. The van der Waals surface area contributed by atoms with Gasteiger partial charge in [0.25, 0.3) is 0 Å². The highest BCUT2D eigenvalue weighted by molar-refractivity contribution is 14.0. The lowest BCUT2D eigenvalue weighted by atomic mass is 10.4. The third-order valence-corrected chi connectivity index (χ3v) is 4.42. The van der Waals surface area contributed by atoms with E-state index in [2.05, 4.69) is 25.3 Å². The SMILES string of the molecule is CCNC(=NCCCNS(C)(=O)=O)NCCc1nc(C(F)(F)F)cs1.I. The van der Waals surface area contributed by atoms with E-state index < -0.39 is 21.9 Å². The zero-order chi connectivity index (χ0) is 18.9. The number of hydrogen-bond acceptors (Lipinski definition) is 5. The number of guanidine groups is 1. The van der Waals surface area contributed by atoms with Crippen molar-refractivity contribution in [2.24, 2.45) is 4.99 Å². The summed E-state index contributed by atoms with van der Waals surface area (Å²) in [5.74, 6) is 0.523. The molecule has 0 spiro atoms. The molecule has 0 unspecified atom stereocenters. The molecule has 3 N–H and O–H groups in total. The minimum Gasteiger partial charge on any atom is -0.357 e. The molecule has 1 aromatic heterocycles. The van der Waals surface area contributed by atoms with Gasteiger partial charge in [0.1, 0.15) is 0 Å². The predicted molar refractivity (Wildman–Crippen MR) is 108 cm³/mol. The fourth-order valence-electron chi connectivity index (χ4n) is 1.71. The van der Waals surface area contributed by atoms with Crippen LogP contribution in [-0.2, 0) is 22.6 Å². The number of alkyl halides is 3. The lowest BCUT2D eigenvalue weighted by molar-refractivity contribution is -0.140. The summed E-state index contributed by atoms with van der Waals surface area (Å²) >= 11 is 0.972. The van der Waals surface area contributed by atoms with Crippen LogP contribution in [0.5, 0.6) is 0 Å². The minimum atomic E-state index is -4.42. The predicted octanol–water partition coefficient (Wildman–Crippen LogP) is 1.82. The van der Waals surface area contributed by atoms with E-state index >= 15 is 0 Å². The highest BCUT2D eigenvalue weighted by Crippen LogP contribution is 2.29. The maximum Gasteiger partial charge on any atom is 0.434 e. The summed E-state index contributed by atoms with van der Waals surface area (Å²) in [7, 11) is -3.20. The topological polar surface area (TPSA) is 95.5 Å². The molecule has 26 heavy (non-hydrogen) atoms. The maximum atomic E-state index is 12.5. The lowest BCUT2D eigenvalue weighted by Gasteiger charge is -2.10. The van der Waals surface area contributed by atoms with Crippen LogP contribution in [0.15, 0.2) is 10.4 Å². The van der Waals surface area contributed by atoms with Crippen LogP contribution >= 0.6 is 35.3 Å². The van der Waals surface area contributed by atoms with E-state index in [0.717, 1.165) is 23.0 Å². The van der Waals surface area contributed by atoms with Gasteiger partial charge in [0.05, 0.1) is 11.3 Å². The van der Waals surface area contributed by atoms with Gasteiger partial charge in [0, 0.05) is 38.0 Å². The van der Waals surface area contributed by atoms with E-state index in [0.29, 0.717) is 50.0 Å². The van der Waals surface area contributed by atoms with Crippen molar-refractivity contribution in [1.82, 2.24) is 20.3 Å². The largest absolute Gasteiger partial charge is 0.434 e. The number of sulfonamides is 1. The Morgan fingerprint density at radius 1 is 1.31 bits per heavy atom. The second kappa shape index (κ2) is 11.9. The van der Waals surface area contributed by atoms with Crippen LogP contribution in [0.4, 0.5) is 13.2 Å². The van der Waals surface area contributed by atoms with Gasteiger partial charge < -0.3 is 10.6 Å². The van der Waals surface area contributed by atoms with Crippen molar-refractivity contribution in [2.45, 2.75) is 25.9 Å². The van der Waals surface area contributed by atoms with Crippen LogP contribution in [0.25, 0.3) is 0 Å². The van der Waals surface area contributed by atoms with E-state index in [-0.39, 0.29) is 24.0 Å². The highest BCUT2D eigenvalue weighted by atomic mass is 127. The van der Waals surface area contributed by atoms with Crippen LogP contribution in [0.3, 0.4) is 0 Å². The molecular weight excluding hydrogens is 506 g/mol. The first-order valence-corrected chi connectivity index (χ1v) is 10.4. The summed E-state index contributed by atoms with van der Waals surface area (Å²) in [6.07, 6.45) is -2.45. The van der Waals surface area contributed by atoms with Crippen molar-refractivity contribution in [3.8, 4) is 0 Å². The second-order valence-corrected chi connectivity index (χ2v) is 7.86. The number of hydrogen-bond donors (Lipinski definition) is 3. The van der Waals surface area contributed by atoms with Crippen LogP contribution in [0, 0.1) is 0 Å². The van der Waals surface area contributed by atoms with Gasteiger partial charge in [0.2, 0.25) is 10.0 Å². The number of nitrogens with one attached hydrogen (secondary N) is 3.